The Morgan fingerprint density at radius 3 is 2.19 bits per heavy atom. The van der Waals surface area contributed by atoms with Gasteiger partial charge in [0.2, 0.25) is 0 Å². The van der Waals surface area contributed by atoms with Gasteiger partial charge in [0.25, 0.3) is 11.8 Å². The molecule has 0 saturated heterocycles. The van der Waals surface area contributed by atoms with Crippen LogP contribution in [0.4, 0.5) is 5.69 Å². The Morgan fingerprint density at radius 2 is 1.52 bits per heavy atom. The third-order valence-corrected chi connectivity index (χ3v) is 4.06. The molecule has 0 radical (unpaired) electrons. The van der Waals surface area contributed by atoms with Gasteiger partial charge in [0.15, 0.2) is 6.10 Å². The first-order valence-electron chi connectivity index (χ1n) is 9.26. The van der Waals surface area contributed by atoms with E-state index >= 15 is 0 Å². The van der Waals surface area contributed by atoms with Crippen LogP contribution < -0.4 is 15.4 Å². The normalized spacial score (nSPS) is 12.0. The van der Waals surface area contributed by atoms with Crippen molar-refractivity contribution in [2.24, 2.45) is 0 Å². The summed E-state index contributed by atoms with van der Waals surface area (Å²) in [6, 6.07) is 14.7. The smallest absolute Gasteiger partial charge is 0.265 e. The highest BCUT2D eigenvalue weighted by Gasteiger charge is 2.20. The Kier molecular flexibility index (Phi) is 6.99. The molecule has 0 aliphatic rings. The van der Waals surface area contributed by atoms with E-state index in [0.29, 0.717) is 17.0 Å². The Labute approximate surface area is 161 Å². The van der Waals surface area contributed by atoms with E-state index in [2.05, 4.69) is 24.5 Å². The van der Waals surface area contributed by atoms with Gasteiger partial charge in [0.05, 0.1) is 11.3 Å². The van der Waals surface area contributed by atoms with E-state index in [1.807, 2.05) is 38.1 Å². The molecule has 27 heavy (non-hydrogen) atoms. The molecular weight excluding hydrogens is 340 g/mol. The fourth-order valence-corrected chi connectivity index (χ4v) is 2.67. The first kappa shape index (κ1) is 20.5. The van der Waals surface area contributed by atoms with Crippen LogP contribution in [0.5, 0.6) is 5.75 Å². The monoisotopic (exact) mass is 368 g/mol. The summed E-state index contributed by atoms with van der Waals surface area (Å²) in [6.07, 6.45) is -0.703. The van der Waals surface area contributed by atoms with Crippen LogP contribution in [-0.4, -0.2) is 24.0 Å². The van der Waals surface area contributed by atoms with Crippen molar-refractivity contribution < 1.29 is 14.3 Å². The van der Waals surface area contributed by atoms with Gasteiger partial charge in [0.1, 0.15) is 5.75 Å². The van der Waals surface area contributed by atoms with E-state index in [0.717, 1.165) is 5.56 Å². The molecule has 2 N–H and O–H groups in total. The minimum absolute atomic E-state index is 0.0102. The molecule has 0 bridgehead atoms. The summed E-state index contributed by atoms with van der Waals surface area (Å²) in [4.78, 5) is 25.0. The van der Waals surface area contributed by atoms with Crippen LogP contribution in [0.1, 0.15) is 56.5 Å². The molecular formula is C22H28N2O3. The molecule has 2 aromatic carbocycles. The van der Waals surface area contributed by atoms with E-state index in [-0.39, 0.29) is 23.8 Å². The molecule has 0 aliphatic carbocycles. The summed E-state index contributed by atoms with van der Waals surface area (Å²) in [5, 5.41) is 5.65. The molecule has 0 fully saturated rings. The van der Waals surface area contributed by atoms with Crippen molar-refractivity contribution in [2.45, 2.75) is 52.7 Å². The highest BCUT2D eigenvalue weighted by atomic mass is 16.5. The summed E-state index contributed by atoms with van der Waals surface area (Å²) in [6.45, 7) is 9.64. The van der Waals surface area contributed by atoms with Crippen molar-refractivity contribution in [2.75, 3.05) is 5.32 Å². The Morgan fingerprint density at radius 1 is 0.889 bits per heavy atom. The van der Waals surface area contributed by atoms with Gasteiger partial charge >= 0.3 is 0 Å². The number of rotatable bonds is 7. The summed E-state index contributed by atoms with van der Waals surface area (Å²) >= 11 is 0. The standard InChI is InChI=1S/C22H28N2O3/c1-14(2)17-10-7-9-13-20(17)27-16(5)21(25)24-19-12-8-6-11-18(19)22(26)23-15(3)4/h6-16H,1-5H3,(H,23,26)(H,24,25). The molecule has 2 rings (SSSR count). The van der Waals surface area contributed by atoms with Crippen molar-refractivity contribution in [3.05, 3.63) is 59.7 Å². The zero-order valence-corrected chi connectivity index (χ0v) is 16.6. The fourth-order valence-electron chi connectivity index (χ4n) is 2.67. The van der Waals surface area contributed by atoms with Gasteiger partial charge in [-0.3, -0.25) is 9.59 Å². The Hall–Kier alpha value is -2.82. The van der Waals surface area contributed by atoms with Crippen LogP contribution in [0.25, 0.3) is 0 Å². The predicted molar refractivity (Wildman–Crippen MR) is 108 cm³/mol. The van der Waals surface area contributed by atoms with Crippen LogP contribution in [0.15, 0.2) is 48.5 Å². The lowest BCUT2D eigenvalue weighted by molar-refractivity contribution is -0.122. The number of amides is 2. The minimum Gasteiger partial charge on any atom is -0.481 e. The molecule has 1 unspecified atom stereocenters. The molecule has 1 atom stereocenters. The van der Waals surface area contributed by atoms with Crippen LogP contribution in [0.3, 0.4) is 0 Å². The second-order valence-corrected chi connectivity index (χ2v) is 7.12. The van der Waals surface area contributed by atoms with E-state index in [9.17, 15) is 9.59 Å². The van der Waals surface area contributed by atoms with Gasteiger partial charge in [-0.2, -0.15) is 0 Å². The maximum atomic E-state index is 12.6. The lowest BCUT2D eigenvalue weighted by atomic mass is 10.0. The lowest BCUT2D eigenvalue weighted by Gasteiger charge is -2.19. The molecule has 0 heterocycles. The number of para-hydroxylation sites is 2. The van der Waals surface area contributed by atoms with Crippen LogP contribution in [-0.2, 0) is 4.79 Å². The van der Waals surface area contributed by atoms with Crippen molar-refractivity contribution >= 4 is 17.5 Å². The van der Waals surface area contributed by atoms with E-state index < -0.39 is 6.10 Å². The highest BCUT2D eigenvalue weighted by Crippen LogP contribution is 2.27. The van der Waals surface area contributed by atoms with Gasteiger partial charge < -0.3 is 15.4 Å². The maximum Gasteiger partial charge on any atom is 0.265 e. The summed E-state index contributed by atoms with van der Waals surface area (Å²) in [5.74, 6) is 0.455. The molecule has 2 amide bonds. The molecule has 144 valence electrons. The van der Waals surface area contributed by atoms with Crippen LogP contribution in [0.2, 0.25) is 0 Å². The van der Waals surface area contributed by atoms with E-state index in [1.54, 1.807) is 31.2 Å². The lowest BCUT2D eigenvalue weighted by Crippen LogP contribution is -2.33. The number of nitrogens with one attached hydrogen (secondary N) is 2. The zero-order chi connectivity index (χ0) is 20.0. The molecule has 0 aromatic heterocycles. The Balaban J connectivity index is 2.13. The van der Waals surface area contributed by atoms with Gasteiger partial charge in [0, 0.05) is 6.04 Å². The highest BCUT2D eigenvalue weighted by molar-refractivity contribution is 6.04. The van der Waals surface area contributed by atoms with Gasteiger partial charge in [-0.05, 0) is 50.5 Å². The molecule has 5 nitrogen and oxygen atoms in total. The van der Waals surface area contributed by atoms with Gasteiger partial charge in [-0.25, -0.2) is 0 Å². The van der Waals surface area contributed by atoms with Gasteiger partial charge in [-0.1, -0.05) is 44.2 Å². The van der Waals surface area contributed by atoms with Crippen molar-refractivity contribution in [1.29, 1.82) is 0 Å². The number of carbonyl (C=O) groups excluding carboxylic acids is 2. The van der Waals surface area contributed by atoms with Crippen molar-refractivity contribution in [3.63, 3.8) is 0 Å². The predicted octanol–water partition coefficient (Wildman–Crippen LogP) is 4.35. The zero-order valence-electron chi connectivity index (χ0n) is 16.6. The number of ether oxygens (including phenoxy) is 1. The minimum atomic E-state index is -0.703. The third kappa shape index (κ3) is 5.58. The summed E-state index contributed by atoms with van der Waals surface area (Å²) in [5.41, 5.74) is 1.94. The Bertz CT molecular complexity index is 800. The number of hydrogen-bond donors (Lipinski definition) is 2. The molecule has 2 aromatic rings. The van der Waals surface area contributed by atoms with Crippen molar-refractivity contribution in [3.8, 4) is 5.75 Å². The fraction of sp³-hybridized carbons (Fsp3) is 0.364. The van der Waals surface area contributed by atoms with Crippen LogP contribution in [0, 0.1) is 0 Å². The third-order valence-electron chi connectivity index (χ3n) is 4.06. The van der Waals surface area contributed by atoms with Crippen LogP contribution >= 0.6 is 0 Å². The molecule has 0 saturated carbocycles. The second kappa shape index (κ2) is 9.21. The number of hydrogen-bond acceptors (Lipinski definition) is 3. The number of carbonyl (C=O) groups is 2. The average molecular weight is 368 g/mol. The van der Waals surface area contributed by atoms with E-state index in [4.69, 9.17) is 4.74 Å². The SMILES string of the molecule is CC(C)NC(=O)c1ccccc1NC(=O)C(C)Oc1ccccc1C(C)C. The summed E-state index contributed by atoms with van der Waals surface area (Å²) in [7, 11) is 0. The first-order chi connectivity index (χ1) is 12.8. The largest absolute Gasteiger partial charge is 0.481 e. The topological polar surface area (TPSA) is 67.4 Å². The maximum absolute atomic E-state index is 12.6. The second-order valence-electron chi connectivity index (χ2n) is 7.12. The quantitative estimate of drug-likeness (QED) is 0.763. The van der Waals surface area contributed by atoms with E-state index in [1.165, 1.54) is 0 Å². The van der Waals surface area contributed by atoms with Crippen molar-refractivity contribution in [1.82, 2.24) is 5.32 Å². The average Bonchev–Trinajstić information content (AvgIpc) is 2.61. The molecule has 0 spiro atoms. The summed E-state index contributed by atoms with van der Waals surface area (Å²) < 4.78 is 5.89. The molecule has 5 heteroatoms. The molecule has 0 aliphatic heterocycles. The number of anilines is 1. The van der Waals surface area contributed by atoms with Gasteiger partial charge in [-0.15, -0.1) is 0 Å². The first-order valence-corrected chi connectivity index (χ1v) is 9.26. The number of benzene rings is 2.